The number of aromatic amines is 2. The van der Waals surface area contributed by atoms with Crippen molar-refractivity contribution in [1.82, 2.24) is 20.3 Å². The van der Waals surface area contributed by atoms with Crippen LogP contribution in [0.25, 0.3) is 11.0 Å². The van der Waals surface area contributed by atoms with Gasteiger partial charge in [0.2, 0.25) is 0 Å². The molecule has 0 radical (unpaired) electrons. The lowest BCUT2D eigenvalue weighted by Gasteiger charge is -2.20. The highest BCUT2D eigenvalue weighted by Crippen LogP contribution is 2.49. The zero-order chi connectivity index (χ0) is 20.5. The second-order valence-corrected chi connectivity index (χ2v) is 7.55. The fourth-order valence-electron chi connectivity index (χ4n) is 2.70. The fraction of sp³-hybridized carbons (Fsp3) is 0.133. The molecule has 13 heteroatoms. The van der Waals surface area contributed by atoms with Crippen molar-refractivity contribution in [2.24, 2.45) is 0 Å². The van der Waals surface area contributed by atoms with E-state index < -0.39 is 29.4 Å². The Balaban J connectivity index is 2.06. The molecule has 1 atom stereocenters. The van der Waals surface area contributed by atoms with Crippen molar-refractivity contribution in [3.63, 3.8) is 0 Å². The lowest BCUT2D eigenvalue weighted by atomic mass is 10.1. The van der Waals surface area contributed by atoms with Crippen LogP contribution in [0.15, 0.2) is 46.2 Å². The molecular weight excluding hydrogens is 393 g/mol. The van der Waals surface area contributed by atoms with E-state index in [-0.39, 0.29) is 34.4 Å². The highest BCUT2D eigenvalue weighted by Gasteiger charge is 2.30. The summed E-state index contributed by atoms with van der Waals surface area (Å²) < 4.78 is 11.9. The fourth-order valence-corrected chi connectivity index (χ4v) is 3.57. The van der Waals surface area contributed by atoms with Gasteiger partial charge in [0.05, 0.1) is 16.0 Å². The van der Waals surface area contributed by atoms with Gasteiger partial charge in [-0.1, -0.05) is 6.07 Å². The number of benzene rings is 1. The van der Waals surface area contributed by atoms with Crippen LogP contribution in [0.3, 0.4) is 0 Å². The summed E-state index contributed by atoms with van der Waals surface area (Å²) in [7, 11) is -4.66. The summed E-state index contributed by atoms with van der Waals surface area (Å²) in [5, 5.41) is 13.8. The van der Waals surface area contributed by atoms with Crippen molar-refractivity contribution >= 4 is 24.3 Å². The lowest BCUT2D eigenvalue weighted by Crippen LogP contribution is -2.29. The summed E-state index contributed by atoms with van der Waals surface area (Å²) in [5.41, 5.74) is -1.78. The lowest BCUT2D eigenvalue weighted by molar-refractivity contribution is -0.384. The minimum absolute atomic E-state index is 0.0182. The Hall–Kier alpha value is -3.18. The molecule has 0 saturated heterocycles. The molecule has 0 fully saturated rings. The van der Waals surface area contributed by atoms with E-state index in [1.807, 2.05) is 0 Å². The highest BCUT2D eigenvalue weighted by molar-refractivity contribution is 7.52. The highest BCUT2D eigenvalue weighted by atomic mass is 31.2. The average molecular weight is 407 g/mol. The van der Waals surface area contributed by atoms with E-state index in [1.165, 1.54) is 24.5 Å². The third kappa shape index (κ3) is 4.05. The van der Waals surface area contributed by atoms with Gasteiger partial charge in [-0.25, -0.2) is 0 Å². The molecule has 3 aromatic rings. The molecule has 146 valence electrons. The summed E-state index contributed by atoms with van der Waals surface area (Å²) >= 11 is 0. The Labute approximate surface area is 155 Å². The van der Waals surface area contributed by atoms with Crippen molar-refractivity contribution in [1.29, 1.82) is 0 Å². The smallest absolute Gasteiger partial charge is 0.323 e. The summed E-state index contributed by atoms with van der Waals surface area (Å²) in [6.45, 7) is -0.245. The van der Waals surface area contributed by atoms with E-state index in [0.717, 1.165) is 12.1 Å². The van der Waals surface area contributed by atoms with E-state index in [0.29, 0.717) is 0 Å². The number of non-ortho nitro benzene ring substituents is 1. The summed E-state index contributed by atoms with van der Waals surface area (Å²) in [4.78, 5) is 61.3. The number of nitro groups is 1. The molecule has 3 rings (SSSR count). The minimum atomic E-state index is -4.66. The monoisotopic (exact) mass is 407 g/mol. The maximum atomic E-state index is 11.9. The van der Waals surface area contributed by atoms with Gasteiger partial charge in [0.1, 0.15) is 5.78 Å². The molecule has 1 aromatic carbocycles. The standard InChI is InChI=1S/C15H14N5O7P/c21-13-14(22)19-12-9(4-10(20(23)24)5-11(12)18-13)7-17-15(28(25,26)27)8-2-1-3-16-6-8/h1-6,15,17H,7H2,(H,18,21)(H,19,22)(H2,25,26,27). The van der Waals surface area contributed by atoms with Crippen molar-refractivity contribution < 1.29 is 19.3 Å². The van der Waals surface area contributed by atoms with Crippen LogP contribution in [0.1, 0.15) is 16.9 Å². The molecule has 0 saturated carbocycles. The predicted octanol–water partition coefficient (Wildman–Crippen LogP) is 0.486. The second-order valence-electron chi connectivity index (χ2n) is 5.85. The van der Waals surface area contributed by atoms with Crippen molar-refractivity contribution in [3.8, 4) is 0 Å². The molecule has 0 amide bonds. The SMILES string of the molecule is O=c1[nH]c2cc([N+](=O)[O-])cc(CNC(c3cccnc3)P(=O)(O)O)c2[nH]c1=O. The Morgan fingerprint density at radius 1 is 1.25 bits per heavy atom. The number of pyridine rings is 1. The number of fused-ring (bicyclic) bond motifs is 1. The van der Waals surface area contributed by atoms with Gasteiger partial charge < -0.3 is 19.8 Å². The summed E-state index contributed by atoms with van der Waals surface area (Å²) in [5.74, 6) is -1.43. The van der Waals surface area contributed by atoms with Crippen molar-refractivity contribution in [3.05, 3.63) is 78.6 Å². The van der Waals surface area contributed by atoms with Crippen LogP contribution < -0.4 is 16.4 Å². The van der Waals surface area contributed by atoms with Gasteiger partial charge in [-0.2, -0.15) is 0 Å². The first-order valence-electron chi connectivity index (χ1n) is 7.79. The number of nitrogens with one attached hydrogen (secondary N) is 3. The maximum absolute atomic E-state index is 11.9. The van der Waals surface area contributed by atoms with Crippen LogP contribution in [0, 0.1) is 10.1 Å². The van der Waals surface area contributed by atoms with E-state index in [1.54, 1.807) is 0 Å². The molecule has 0 aliphatic rings. The van der Waals surface area contributed by atoms with Gasteiger partial charge in [-0.15, -0.1) is 0 Å². The first kappa shape index (κ1) is 19.6. The number of nitro benzene ring substituents is 1. The van der Waals surface area contributed by atoms with Crippen LogP contribution in [-0.4, -0.2) is 29.7 Å². The molecule has 2 aromatic heterocycles. The topological polar surface area (TPSA) is 191 Å². The van der Waals surface area contributed by atoms with Gasteiger partial charge in [0.25, 0.3) is 5.69 Å². The van der Waals surface area contributed by atoms with Crippen molar-refractivity contribution in [2.45, 2.75) is 12.3 Å². The van der Waals surface area contributed by atoms with Gasteiger partial charge >= 0.3 is 18.7 Å². The van der Waals surface area contributed by atoms with Gasteiger partial charge in [0.15, 0.2) is 0 Å². The van der Waals surface area contributed by atoms with Crippen LogP contribution >= 0.6 is 7.60 Å². The van der Waals surface area contributed by atoms with E-state index in [4.69, 9.17) is 0 Å². The van der Waals surface area contributed by atoms with Gasteiger partial charge in [-0.3, -0.25) is 34.6 Å². The van der Waals surface area contributed by atoms with Gasteiger partial charge in [-0.05, 0) is 17.2 Å². The number of aromatic nitrogens is 3. The number of nitrogens with zero attached hydrogens (tertiary/aromatic N) is 2. The predicted molar refractivity (Wildman–Crippen MR) is 97.7 cm³/mol. The molecule has 0 spiro atoms. The van der Waals surface area contributed by atoms with Gasteiger partial charge in [0, 0.05) is 31.1 Å². The quantitative estimate of drug-likeness (QED) is 0.167. The van der Waals surface area contributed by atoms with E-state index >= 15 is 0 Å². The first-order chi connectivity index (χ1) is 13.2. The number of hydrogen-bond donors (Lipinski definition) is 5. The number of rotatable bonds is 6. The maximum Gasteiger partial charge on any atom is 0.346 e. The molecule has 0 aliphatic heterocycles. The third-order valence-electron chi connectivity index (χ3n) is 3.93. The molecule has 0 bridgehead atoms. The normalized spacial score (nSPS) is 12.8. The molecular formula is C15H14N5O7P. The Kier molecular flexibility index (Phi) is 5.21. The number of hydrogen-bond acceptors (Lipinski definition) is 7. The molecule has 5 N–H and O–H groups in total. The first-order valence-corrected chi connectivity index (χ1v) is 9.47. The molecule has 1 unspecified atom stereocenters. The van der Waals surface area contributed by atoms with Crippen LogP contribution in [0.2, 0.25) is 0 Å². The Morgan fingerprint density at radius 3 is 2.57 bits per heavy atom. The minimum Gasteiger partial charge on any atom is -0.323 e. The number of H-pyrrole nitrogens is 2. The zero-order valence-electron chi connectivity index (χ0n) is 14.0. The molecule has 2 heterocycles. The summed E-state index contributed by atoms with van der Waals surface area (Å²) in [6, 6.07) is 5.20. The van der Waals surface area contributed by atoms with Crippen LogP contribution in [0.4, 0.5) is 5.69 Å². The molecule has 0 aliphatic carbocycles. The summed E-state index contributed by atoms with van der Waals surface area (Å²) in [6.07, 6.45) is 2.72. The zero-order valence-corrected chi connectivity index (χ0v) is 14.9. The van der Waals surface area contributed by atoms with E-state index in [2.05, 4.69) is 20.3 Å². The Morgan fingerprint density at radius 2 is 1.96 bits per heavy atom. The molecule has 28 heavy (non-hydrogen) atoms. The molecule has 12 nitrogen and oxygen atoms in total. The van der Waals surface area contributed by atoms with Crippen LogP contribution in [0.5, 0.6) is 0 Å². The van der Waals surface area contributed by atoms with E-state index in [9.17, 15) is 34.1 Å². The van der Waals surface area contributed by atoms with Crippen LogP contribution in [-0.2, 0) is 11.1 Å². The Bertz CT molecular complexity index is 1200. The van der Waals surface area contributed by atoms with Crippen molar-refractivity contribution in [2.75, 3.05) is 0 Å². The second kappa shape index (κ2) is 7.44. The average Bonchev–Trinajstić information content (AvgIpc) is 2.62. The largest absolute Gasteiger partial charge is 0.346 e. The third-order valence-corrected chi connectivity index (χ3v) is 5.08.